The van der Waals surface area contributed by atoms with E-state index in [1.165, 1.54) is 48.7 Å². The fraction of sp³-hybridized carbons (Fsp3) is 0.0714. The van der Waals surface area contributed by atoms with Gasteiger partial charge in [-0.25, -0.2) is 17.9 Å². The van der Waals surface area contributed by atoms with Crippen molar-refractivity contribution < 1.29 is 31.2 Å². The third-order valence-corrected chi connectivity index (χ3v) is 7.41. The van der Waals surface area contributed by atoms with Gasteiger partial charge in [0.2, 0.25) is 15.5 Å². The number of hydrogen-bond donors (Lipinski definition) is 1. The molecule has 0 fully saturated rings. The highest BCUT2D eigenvalue weighted by Crippen LogP contribution is 2.44. The van der Waals surface area contributed by atoms with Gasteiger partial charge in [-0.05, 0) is 66.2 Å². The Kier molecular flexibility index (Phi) is 5.51. The van der Waals surface area contributed by atoms with Gasteiger partial charge in [0, 0.05) is 11.1 Å². The second kappa shape index (κ2) is 8.79. The van der Waals surface area contributed by atoms with Gasteiger partial charge in [-0.3, -0.25) is 9.59 Å². The van der Waals surface area contributed by atoms with Crippen LogP contribution >= 0.6 is 0 Å². The monoisotopic (exact) mass is 531 g/mol. The molecule has 0 saturated carbocycles. The molecule has 0 saturated heterocycles. The molecule has 10 heteroatoms. The van der Waals surface area contributed by atoms with Crippen LogP contribution in [0.5, 0.6) is 5.75 Å². The van der Waals surface area contributed by atoms with Gasteiger partial charge in [0.25, 0.3) is 0 Å². The van der Waals surface area contributed by atoms with Crippen molar-refractivity contribution in [1.82, 2.24) is 0 Å². The molecule has 5 aromatic rings. The molecule has 2 aromatic heterocycles. The molecule has 0 aliphatic carbocycles. The average molecular weight is 532 g/mol. The van der Waals surface area contributed by atoms with E-state index in [0.717, 1.165) is 0 Å². The Bertz CT molecular complexity index is 1890. The molecule has 38 heavy (non-hydrogen) atoms. The maximum absolute atomic E-state index is 13.4. The van der Waals surface area contributed by atoms with E-state index in [-0.39, 0.29) is 39.0 Å². The van der Waals surface area contributed by atoms with Gasteiger partial charge in [-0.1, -0.05) is 12.1 Å². The van der Waals surface area contributed by atoms with Crippen LogP contribution in [-0.4, -0.2) is 14.4 Å². The topological polar surface area (TPSA) is 130 Å². The van der Waals surface area contributed by atoms with E-state index < -0.39 is 27.7 Å². The second-order valence-electron chi connectivity index (χ2n) is 8.84. The minimum atomic E-state index is -3.84. The van der Waals surface area contributed by atoms with Crippen LogP contribution in [0.2, 0.25) is 0 Å². The SMILES string of the molecule is NS(=O)(=O)c1ccc(-c2ccc([C@H]3CC(=O)Oc4ccc5c(=O)c(-c6ccc(F)cc6)coc5c43)o2)cc1. The third kappa shape index (κ3) is 4.09. The third-order valence-electron chi connectivity index (χ3n) is 6.48. The van der Waals surface area contributed by atoms with Crippen molar-refractivity contribution in [1.29, 1.82) is 0 Å². The van der Waals surface area contributed by atoms with Crippen LogP contribution in [0.1, 0.15) is 23.7 Å². The molecule has 1 aliphatic rings. The average Bonchev–Trinajstić information content (AvgIpc) is 3.39. The summed E-state index contributed by atoms with van der Waals surface area (Å²) in [6.45, 7) is 0. The summed E-state index contributed by atoms with van der Waals surface area (Å²) in [5.41, 5.74) is 1.82. The van der Waals surface area contributed by atoms with E-state index >= 15 is 0 Å². The lowest BCUT2D eigenvalue weighted by atomic mass is 9.88. The smallest absolute Gasteiger partial charge is 0.312 e. The number of carbonyl (C=O) groups is 1. The summed E-state index contributed by atoms with van der Waals surface area (Å²) in [5, 5.41) is 5.45. The number of carbonyl (C=O) groups excluding carboxylic acids is 1. The molecule has 2 N–H and O–H groups in total. The van der Waals surface area contributed by atoms with Crippen molar-refractivity contribution >= 4 is 27.0 Å². The van der Waals surface area contributed by atoms with Gasteiger partial charge in [0.1, 0.15) is 34.9 Å². The predicted molar refractivity (Wildman–Crippen MR) is 135 cm³/mol. The number of halogens is 1. The van der Waals surface area contributed by atoms with Crippen molar-refractivity contribution in [2.24, 2.45) is 5.14 Å². The molecule has 0 amide bonds. The van der Waals surface area contributed by atoms with E-state index in [1.54, 1.807) is 30.3 Å². The van der Waals surface area contributed by atoms with Crippen molar-refractivity contribution in [2.75, 3.05) is 0 Å². The summed E-state index contributed by atoms with van der Waals surface area (Å²) in [6.07, 6.45) is 1.26. The maximum atomic E-state index is 13.4. The molecule has 1 atom stereocenters. The van der Waals surface area contributed by atoms with E-state index in [2.05, 4.69) is 0 Å². The minimum absolute atomic E-state index is 0.0292. The first-order valence-electron chi connectivity index (χ1n) is 11.5. The van der Waals surface area contributed by atoms with Crippen LogP contribution in [0.4, 0.5) is 4.39 Å². The second-order valence-corrected chi connectivity index (χ2v) is 10.4. The van der Waals surface area contributed by atoms with Gasteiger partial charge >= 0.3 is 5.97 Å². The van der Waals surface area contributed by atoms with E-state index in [0.29, 0.717) is 28.2 Å². The molecule has 6 rings (SSSR count). The Morgan fingerprint density at radius 1 is 0.868 bits per heavy atom. The lowest BCUT2D eigenvalue weighted by Crippen LogP contribution is -2.21. The van der Waals surface area contributed by atoms with Gasteiger partial charge in [-0.15, -0.1) is 0 Å². The number of fused-ring (bicyclic) bond motifs is 3. The Labute approximate surface area is 215 Å². The number of benzene rings is 3. The molecule has 0 spiro atoms. The quantitative estimate of drug-likeness (QED) is 0.257. The normalized spacial score (nSPS) is 15.3. The molecule has 190 valence electrons. The predicted octanol–water partition coefficient (Wildman–Crippen LogP) is 4.95. The standard InChI is InChI=1S/C28H18FNO7S/c29-17-5-1-15(2-6-17)21-14-35-28-19(27(21)32)9-10-24-26(28)20(13-25(31)37-24)23-12-11-22(36-23)16-3-7-18(8-4-16)38(30,33)34/h1-12,14,20H,13H2,(H2,30,33,34)/t20-/m1/s1. The van der Waals surface area contributed by atoms with Crippen LogP contribution in [0.15, 0.2) is 97.6 Å². The molecule has 3 aromatic carbocycles. The molecule has 0 radical (unpaired) electrons. The minimum Gasteiger partial charge on any atom is -0.463 e. The van der Waals surface area contributed by atoms with Crippen molar-refractivity contribution in [2.45, 2.75) is 17.2 Å². The van der Waals surface area contributed by atoms with Gasteiger partial charge in [0.15, 0.2) is 0 Å². The summed E-state index contributed by atoms with van der Waals surface area (Å²) in [4.78, 5) is 25.8. The van der Waals surface area contributed by atoms with Crippen LogP contribution in [0, 0.1) is 5.82 Å². The summed E-state index contributed by atoms with van der Waals surface area (Å²) in [5.74, 6) is -0.356. The van der Waals surface area contributed by atoms with E-state index in [9.17, 15) is 22.4 Å². The number of hydrogen-bond acceptors (Lipinski definition) is 7. The van der Waals surface area contributed by atoms with Crippen LogP contribution < -0.4 is 15.3 Å². The highest BCUT2D eigenvalue weighted by molar-refractivity contribution is 7.89. The summed E-state index contributed by atoms with van der Waals surface area (Å²) in [7, 11) is -3.84. The van der Waals surface area contributed by atoms with Gasteiger partial charge in [0.05, 0.1) is 28.2 Å². The van der Waals surface area contributed by atoms with Crippen LogP contribution in [0.25, 0.3) is 33.4 Å². The summed E-state index contributed by atoms with van der Waals surface area (Å²) < 4.78 is 53.9. The Balaban J connectivity index is 1.44. The van der Waals surface area contributed by atoms with Gasteiger partial charge < -0.3 is 13.6 Å². The zero-order valence-electron chi connectivity index (χ0n) is 19.5. The first kappa shape index (κ1) is 23.8. The Morgan fingerprint density at radius 3 is 2.29 bits per heavy atom. The molecule has 1 aliphatic heterocycles. The zero-order chi connectivity index (χ0) is 26.6. The molecule has 0 unspecified atom stereocenters. The fourth-order valence-corrected chi connectivity index (χ4v) is 5.15. The maximum Gasteiger partial charge on any atom is 0.312 e. The molecule has 0 bridgehead atoms. The molecular formula is C28H18FNO7S. The first-order valence-corrected chi connectivity index (χ1v) is 13.0. The van der Waals surface area contributed by atoms with Crippen molar-refractivity contribution in [3.05, 3.63) is 106 Å². The van der Waals surface area contributed by atoms with Crippen LogP contribution in [-0.2, 0) is 14.8 Å². The number of furan rings is 1. The lowest BCUT2D eigenvalue weighted by molar-refractivity contribution is -0.135. The molecular weight excluding hydrogens is 513 g/mol. The highest BCUT2D eigenvalue weighted by Gasteiger charge is 2.34. The molecule has 3 heterocycles. The fourth-order valence-electron chi connectivity index (χ4n) is 4.63. The highest BCUT2D eigenvalue weighted by atomic mass is 32.2. The van der Waals surface area contributed by atoms with Crippen LogP contribution in [0.3, 0.4) is 0 Å². The largest absolute Gasteiger partial charge is 0.463 e. The Morgan fingerprint density at radius 2 is 1.58 bits per heavy atom. The van der Waals surface area contributed by atoms with Gasteiger partial charge in [-0.2, -0.15) is 0 Å². The number of nitrogens with two attached hydrogens (primary N) is 1. The van der Waals surface area contributed by atoms with E-state index in [4.69, 9.17) is 18.7 Å². The summed E-state index contributed by atoms with van der Waals surface area (Å²) >= 11 is 0. The number of esters is 1. The first-order chi connectivity index (χ1) is 18.2. The summed E-state index contributed by atoms with van der Waals surface area (Å²) in [6, 6.07) is 17.9. The number of ether oxygens (including phenoxy) is 1. The van der Waals surface area contributed by atoms with Crippen molar-refractivity contribution in [3.8, 4) is 28.2 Å². The lowest BCUT2D eigenvalue weighted by Gasteiger charge is -2.23. The number of primary sulfonamides is 1. The molecule has 8 nitrogen and oxygen atoms in total. The number of sulfonamides is 1. The number of rotatable bonds is 4. The van der Waals surface area contributed by atoms with E-state index in [1.807, 2.05) is 0 Å². The Hall–Kier alpha value is -4.54. The zero-order valence-corrected chi connectivity index (χ0v) is 20.3. The van der Waals surface area contributed by atoms with Crippen molar-refractivity contribution in [3.63, 3.8) is 0 Å².